The molecule has 1 heterocycles. The maximum atomic E-state index is 14.3. The average molecular weight is 465 g/mol. The first-order chi connectivity index (χ1) is 15.5. The molecule has 0 spiro atoms. The van der Waals surface area contributed by atoms with Crippen LogP contribution in [-0.2, 0) is 20.6 Å². The van der Waals surface area contributed by atoms with Crippen LogP contribution in [0.15, 0.2) is 42.5 Å². The minimum absolute atomic E-state index is 0.0489. The van der Waals surface area contributed by atoms with Crippen LogP contribution in [0.4, 0.5) is 28.9 Å². The zero-order valence-corrected chi connectivity index (χ0v) is 18.1. The first kappa shape index (κ1) is 24.2. The van der Waals surface area contributed by atoms with Crippen LogP contribution >= 0.6 is 0 Å². The molecule has 0 bridgehead atoms. The van der Waals surface area contributed by atoms with Crippen LogP contribution < -0.4 is 10.2 Å². The van der Waals surface area contributed by atoms with Crippen LogP contribution in [0.1, 0.15) is 24.5 Å². The van der Waals surface area contributed by atoms with Crippen molar-refractivity contribution in [1.82, 2.24) is 4.90 Å². The number of rotatable bonds is 6. The highest BCUT2D eigenvalue weighted by Crippen LogP contribution is 2.34. The van der Waals surface area contributed by atoms with Crippen molar-refractivity contribution in [3.63, 3.8) is 0 Å². The molecule has 176 valence electrons. The predicted molar refractivity (Wildman–Crippen MR) is 114 cm³/mol. The van der Waals surface area contributed by atoms with E-state index in [9.17, 15) is 31.9 Å². The molecule has 1 aliphatic rings. The van der Waals surface area contributed by atoms with Crippen molar-refractivity contribution >= 4 is 29.1 Å². The van der Waals surface area contributed by atoms with Gasteiger partial charge in [-0.05, 0) is 43.7 Å². The van der Waals surface area contributed by atoms with E-state index in [0.717, 1.165) is 12.1 Å². The Bertz CT molecular complexity index is 1070. The summed E-state index contributed by atoms with van der Waals surface area (Å²) in [6.45, 7) is 2.90. The number of hydrogen-bond acceptors (Lipinski definition) is 3. The van der Waals surface area contributed by atoms with Gasteiger partial charge in [0.2, 0.25) is 17.7 Å². The average Bonchev–Trinajstić information content (AvgIpc) is 3.12. The Hall–Kier alpha value is -3.43. The Labute approximate surface area is 188 Å². The summed E-state index contributed by atoms with van der Waals surface area (Å²) >= 11 is 0. The molecule has 1 N–H and O–H groups in total. The number of likely N-dealkylation sites (N-methyl/N-ethyl adjacent to an activating group) is 1. The number of carbonyl (C=O) groups is 3. The summed E-state index contributed by atoms with van der Waals surface area (Å²) in [5.74, 6) is -3.09. The zero-order chi connectivity index (χ0) is 24.3. The highest BCUT2D eigenvalue weighted by Gasteiger charge is 2.38. The van der Waals surface area contributed by atoms with Crippen LogP contribution in [-0.4, -0.2) is 42.3 Å². The fourth-order valence-corrected chi connectivity index (χ4v) is 3.74. The number of para-hydroxylation sites is 1. The summed E-state index contributed by atoms with van der Waals surface area (Å²) in [6, 6.07) is 8.96. The normalized spacial score (nSPS) is 16.1. The predicted octanol–water partition coefficient (Wildman–Crippen LogP) is 3.99. The largest absolute Gasteiger partial charge is 0.418 e. The Morgan fingerprint density at radius 1 is 1.18 bits per heavy atom. The first-order valence-corrected chi connectivity index (χ1v) is 10.3. The Morgan fingerprint density at radius 3 is 2.52 bits per heavy atom. The molecule has 1 unspecified atom stereocenters. The molecule has 0 radical (unpaired) electrons. The van der Waals surface area contributed by atoms with Gasteiger partial charge in [-0.2, -0.15) is 13.2 Å². The van der Waals surface area contributed by atoms with Crippen molar-refractivity contribution < 1.29 is 31.9 Å². The van der Waals surface area contributed by atoms with Gasteiger partial charge in [0.15, 0.2) is 0 Å². The molecule has 1 aliphatic heterocycles. The third-order valence-corrected chi connectivity index (χ3v) is 5.40. The Balaban J connectivity index is 1.68. The molecule has 1 atom stereocenters. The van der Waals surface area contributed by atoms with Gasteiger partial charge in [-0.1, -0.05) is 18.2 Å². The SMILES string of the molecule is CCN(CC(=O)Nc1ccccc1C(F)(F)F)C(=O)C1CC(=O)N(c2ccc(C)cc2F)C1. The summed E-state index contributed by atoms with van der Waals surface area (Å²) < 4.78 is 53.7. The van der Waals surface area contributed by atoms with Gasteiger partial charge in [0, 0.05) is 19.5 Å². The van der Waals surface area contributed by atoms with E-state index in [1.54, 1.807) is 19.9 Å². The highest BCUT2D eigenvalue weighted by atomic mass is 19.4. The van der Waals surface area contributed by atoms with Gasteiger partial charge in [0.05, 0.1) is 29.4 Å². The van der Waals surface area contributed by atoms with Crippen molar-refractivity contribution in [2.24, 2.45) is 5.92 Å². The minimum atomic E-state index is -4.65. The van der Waals surface area contributed by atoms with Crippen LogP contribution in [0.2, 0.25) is 0 Å². The standard InChI is InChI=1S/C23H23F4N3O3/c1-3-29(13-20(31)28-18-7-5-4-6-16(18)23(25,26)27)22(33)15-11-21(32)30(12-15)19-9-8-14(2)10-17(19)24/h4-10,15H,3,11-13H2,1-2H3,(H,28,31). The van der Waals surface area contributed by atoms with E-state index in [1.165, 1.54) is 34.1 Å². The molecular formula is C23H23F4N3O3. The molecule has 0 aromatic heterocycles. The van der Waals surface area contributed by atoms with E-state index >= 15 is 0 Å². The maximum absolute atomic E-state index is 14.3. The number of anilines is 2. The van der Waals surface area contributed by atoms with Crippen molar-refractivity contribution in [2.45, 2.75) is 26.4 Å². The van der Waals surface area contributed by atoms with Gasteiger partial charge < -0.3 is 15.1 Å². The lowest BCUT2D eigenvalue weighted by Crippen LogP contribution is -2.42. The summed E-state index contributed by atoms with van der Waals surface area (Å²) in [5.41, 5.74) is -0.642. The van der Waals surface area contributed by atoms with Crippen LogP contribution in [0, 0.1) is 18.7 Å². The second-order valence-electron chi connectivity index (χ2n) is 7.80. The number of benzene rings is 2. The van der Waals surface area contributed by atoms with E-state index in [0.29, 0.717) is 5.56 Å². The number of hydrogen-bond donors (Lipinski definition) is 1. The van der Waals surface area contributed by atoms with E-state index in [4.69, 9.17) is 0 Å². The van der Waals surface area contributed by atoms with Crippen LogP contribution in [0.5, 0.6) is 0 Å². The monoisotopic (exact) mass is 465 g/mol. The number of carbonyl (C=O) groups excluding carboxylic acids is 3. The molecule has 1 fully saturated rings. The number of aryl methyl sites for hydroxylation is 1. The quantitative estimate of drug-likeness (QED) is 0.656. The number of alkyl halides is 3. The third-order valence-electron chi connectivity index (χ3n) is 5.40. The van der Waals surface area contributed by atoms with Gasteiger partial charge in [0.1, 0.15) is 5.82 Å². The number of nitrogens with zero attached hydrogens (tertiary/aromatic N) is 2. The van der Waals surface area contributed by atoms with Gasteiger partial charge >= 0.3 is 6.18 Å². The second kappa shape index (κ2) is 9.60. The summed E-state index contributed by atoms with van der Waals surface area (Å²) in [6.07, 6.45) is -4.80. The fourth-order valence-electron chi connectivity index (χ4n) is 3.74. The molecule has 3 amide bonds. The zero-order valence-electron chi connectivity index (χ0n) is 18.1. The van der Waals surface area contributed by atoms with E-state index in [-0.39, 0.29) is 25.2 Å². The van der Waals surface area contributed by atoms with Crippen molar-refractivity contribution in [3.05, 3.63) is 59.4 Å². The molecule has 2 aromatic carbocycles. The summed E-state index contributed by atoms with van der Waals surface area (Å²) in [7, 11) is 0. The highest BCUT2D eigenvalue weighted by molar-refractivity contribution is 6.01. The minimum Gasteiger partial charge on any atom is -0.333 e. The third kappa shape index (κ3) is 5.50. The molecular weight excluding hydrogens is 442 g/mol. The summed E-state index contributed by atoms with van der Waals surface area (Å²) in [4.78, 5) is 40.2. The number of halogens is 4. The Kier molecular flexibility index (Phi) is 7.04. The molecule has 33 heavy (non-hydrogen) atoms. The second-order valence-corrected chi connectivity index (χ2v) is 7.80. The molecule has 2 aromatic rings. The van der Waals surface area contributed by atoms with E-state index < -0.39 is 53.4 Å². The molecule has 10 heteroatoms. The molecule has 0 aliphatic carbocycles. The molecule has 1 saturated heterocycles. The molecule has 3 rings (SSSR count). The van der Waals surface area contributed by atoms with Crippen LogP contribution in [0.25, 0.3) is 0 Å². The van der Waals surface area contributed by atoms with Gasteiger partial charge in [-0.3, -0.25) is 14.4 Å². The lowest BCUT2D eigenvalue weighted by molar-refractivity contribution is -0.138. The fraction of sp³-hybridized carbons (Fsp3) is 0.348. The van der Waals surface area contributed by atoms with Crippen molar-refractivity contribution in [3.8, 4) is 0 Å². The summed E-state index contributed by atoms with van der Waals surface area (Å²) in [5, 5.41) is 2.20. The number of amides is 3. The van der Waals surface area contributed by atoms with E-state index in [2.05, 4.69) is 5.32 Å². The van der Waals surface area contributed by atoms with Gasteiger partial charge in [0.25, 0.3) is 0 Å². The topological polar surface area (TPSA) is 69.7 Å². The maximum Gasteiger partial charge on any atom is 0.418 e. The van der Waals surface area contributed by atoms with Crippen molar-refractivity contribution in [1.29, 1.82) is 0 Å². The smallest absolute Gasteiger partial charge is 0.333 e. The Morgan fingerprint density at radius 2 is 1.88 bits per heavy atom. The molecule has 0 saturated carbocycles. The lowest BCUT2D eigenvalue weighted by atomic mass is 10.1. The molecule has 6 nitrogen and oxygen atoms in total. The van der Waals surface area contributed by atoms with E-state index in [1.807, 2.05) is 0 Å². The lowest BCUT2D eigenvalue weighted by Gasteiger charge is -2.24. The van der Waals surface area contributed by atoms with Crippen molar-refractivity contribution in [2.75, 3.05) is 29.9 Å². The van der Waals surface area contributed by atoms with Crippen LogP contribution in [0.3, 0.4) is 0 Å². The first-order valence-electron chi connectivity index (χ1n) is 10.3. The number of nitrogens with one attached hydrogen (secondary N) is 1. The van der Waals surface area contributed by atoms with Gasteiger partial charge in [-0.15, -0.1) is 0 Å². The van der Waals surface area contributed by atoms with Gasteiger partial charge in [-0.25, -0.2) is 4.39 Å².